The van der Waals surface area contributed by atoms with Gasteiger partial charge in [0.25, 0.3) is 0 Å². The number of hydrogen-bond donors (Lipinski definition) is 0. The maximum atomic E-state index is 14.2. The number of carbonyl (C=O) groups excluding carboxylic acids is 2. The predicted molar refractivity (Wildman–Crippen MR) is 123 cm³/mol. The number of ether oxygens (including phenoxy) is 2. The van der Waals surface area contributed by atoms with E-state index in [4.69, 9.17) is 21.1 Å². The molecule has 33 heavy (non-hydrogen) atoms. The highest BCUT2D eigenvalue weighted by atomic mass is 35.5. The lowest BCUT2D eigenvalue weighted by Gasteiger charge is -2.39. The lowest BCUT2D eigenvalue weighted by atomic mass is 9.90. The monoisotopic (exact) mass is 474 g/mol. The molecule has 2 aliphatic heterocycles. The summed E-state index contributed by atoms with van der Waals surface area (Å²) in [5, 5.41) is 0.240. The van der Waals surface area contributed by atoms with Gasteiger partial charge in [-0.25, -0.2) is 4.39 Å². The molecule has 0 aromatic heterocycles. The van der Waals surface area contributed by atoms with Crippen molar-refractivity contribution in [2.45, 2.75) is 25.4 Å². The Kier molecular flexibility index (Phi) is 7.83. The number of likely N-dealkylation sites (tertiary alicyclic amines) is 1. The zero-order valence-electron chi connectivity index (χ0n) is 18.4. The van der Waals surface area contributed by atoms with Crippen molar-refractivity contribution in [3.8, 4) is 5.75 Å². The van der Waals surface area contributed by atoms with Gasteiger partial charge in [0.15, 0.2) is 0 Å². The molecule has 0 spiro atoms. The van der Waals surface area contributed by atoms with E-state index in [0.717, 1.165) is 5.75 Å². The molecule has 2 heterocycles. The number of halogens is 2. The molecular formula is C25H28ClFN2O4. The molecule has 0 saturated carbocycles. The summed E-state index contributed by atoms with van der Waals surface area (Å²) < 4.78 is 25.8. The number of piperidine rings is 1. The summed E-state index contributed by atoms with van der Waals surface area (Å²) in [6.45, 7) is 3.07. The van der Waals surface area contributed by atoms with Gasteiger partial charge in [0.05, 0.1) is 19.6 Å². The van der Waals surface area contributed by atoms with Crippen LogP contribution in [0.25, 0.3) is 0 Å². The Morgan fingerprint density at radius 3 is 2.48 bits per heavy atom. The number of para-hydroxylation sites is 1. The summed E-state index contributed by atoms with van der Waals surface area (Å²) >= 11 is 6.12. The van der Waals surface area contributed by atoms with Gasteiger partial charge in [0.2, 0.25) is 11.8 Å². The van der Waals surface area contributed by atoms with E-state index >= 15 is 0 Å². The van der Waals surface area contributed by atoms with Crippen molar-refractivity contribution in [3.05, 3.63) is 64.9 Å². The summed E-state index contributed by atoms with van der Waals surface area (Å²) in [5.41, 5.74) is 0.202. The second-order valence-corrected chi connectivity index (χ2v) is 8.84. The molecule has 2 saturated heterocycles. The van der Waals surface area contributed by atoms with Crippen molar-refractivity contribution in [3.63, 3.8) is 0 Å². The molecule has 2 atom stereocenters. The van der Waals surface area contributed by atoms with E-state index in [2.05, 4.69) is 0 Å². The van der Waals surface area contributed by atoms with Gasteiger partial charge >= 0.3 is 0 Å². The molecule has 6 nitrogen and oxygen atoms in total. The van der Waals surface area contributed by atoms with Crippen LogP contribution in [0.5, 0.6) is 5.75 Å². The molecule has 4 rings (SSSR count). The number of amides is 2. The highest BCUT2D eigenvalue weighted by Gasteiger charge is 2.35. The van der Waals surface area contributed by atoms with Gasteiger partial charge in [-0.05, 0) is 24.3 Å². The van der Waals surface area contributed by atoms with Gasteiger partial charge in [0.1, 0.15) is 17.7 Å². The summed E-state index contributed by atoms with van der Waals surface area (Å²) in [4.78, 5) is 29.5. The quantitative estimate of drug-likeness (QED) is 0.642. The van der Waals surface area contributed by atoms with E-state index in [1.165, 1.54) is 12.1 Å². The summed E-state index contributed by atoms with van der Waals surface area (Å²) in [6, 6.07) is 13.9. The number of hydrogen-bond acceptors (Lipinski definition) is 4. The molecule has 2 aromatic rings. The number of nitrogens with zero attached hydrogens (tertiary/aromatic N) is 2. The van der Waals surface area contributed by atoms with E-state index in [1.807, 2.05) is 35.2 Å². The molecule has 0 N–H and O–H groups in total. The third-order valence-electron chi connectivity index (χ3n) is 6.24. The van der Waals surface area contributed by atoms with Crippen molar-refractivity contribution >= 4 is 23.4 Å². The van der Waals surface area contributed by atoms with Gasteiger partial charge in [-0.15, -0.1) is 0 Å². The molecule has 2 aromatic carbocycles. The Morgan fingerprint density at radius 2 is 1.76 bits per heavy atom. The minimum atomic E-state index is -0.489. The second kappa shape index (κ2) is 11.0. The van der Waals surface area contributed by atoms with E-state index in [9.17, 15) is 14.0 Å². The third-order valence-corrected chi connectivity index (χ3v) is 6.59. The van der Waals surface area contributed by atoms with Crippen LogP contribution >= 0.6 is 11.6 Å². The normalized spacial score (nSPS) is 21.0. The van der Waals surface area contributed by atoms with Crippen LogP contribution in [0.2, 0.25) is 5.02 Å². The zero-order valence-corrected chi connectivity index (χ0v) is 19.2. The maximum Gasteiger partial charge on any atom is 0.227 e. The first-order chi connectivity index (χ1) is 16.0. The molecule has 0 bridgehead atoms. The molecule has 8 heteroatoms. The fourth-order valence-corrected chi connectivity index (χ4v) is 4.62. The van der Waals surface area contributed by atoms with E-state index in [0.29, 0.717) is 45.8 Å². The predicted octanol–water partition coefficient (Wildman–Crippen LogP) is 3.57. The van der Waals surface area contributed by atoms with Gasteiger partial charge in [-0.3, -0.25) is 9.59 Å². The molecule has 0 unspecified atom stereocenters. The average molecular weight is 475 g/mol. The van der Waals surface area contributed by atoms with Crippen LogP contribution in [0.15, 0.2) is 48.5 Å². The van der Waals surface area contributed by atoms with Crippen molar-refractivity contribution in [1.82, 2.24) is 9.80 Å². The van der Waals surface area contributed by atoms with Crippen LogP contribution < -0.4 is 4.74 Å². The number of benzene rings is 2. The number of morpholine rings is 1. The molecule has 0 radical (unpaired) electrons. The van der Waals surface area contributed by atoms with Crippen LogP contribution in [-0.4, -0.2) is 67.1 Å². The van der Waals surface area contributed by atoms with Crippen molar-refractivity contribution in [2.75, 3.05) is 39.4 Å². The minimum absolute atomic E-state index is 0.0383. The molecular weight excluding hydrogens is 447 g/mol. The van der Waals surface area contributed by atoms with Crippen LogP contribution in [0.4, 0.5) is 4.39 Å². The summed E-state index contributed by atoms with van der Waals surface area (Å²) in [7, 11) is 0. The van der Waals surface area contributed by atoms with Crippen LogP contribution in [0.3, 0.4) is 0 Å². The van der Waals surface area contributed by atoms with Gasteiger partial charge in [-0.1, -0.05) is 35.9 Å². The lowest BCUT2D eigenvalue weighted by molar-refractivity contribution is -0.141. The summed E-state index contributed by atoms with van der Waals surface area (Å²) in [5.74, 6) is -0.0869. The fourth-order valence-electron chi connectivity index (χ4n) is 4.39. The largest absolute Gasteiger partial charge is 0.490 e. The van der Waals surface area contributed by atoms with Crippen LogP contribution in [-0.2, 0) is 20.7 Å². The maximum absolute atomic E-state index is 14.2. The molecule has 0 aliphatic carbocycles. The summed E-state index contributed by atoms with van der Waals surface area (Å²) in [6.07, 6.45) is 0.562. The topological polar surface area (TPSA) is 59.1 Å². The minimum Gasteiger partial charge on any atom is -0.490 e. The van der Waals surface area contributed by atoms with E-state index in [1.54, 1.807) is 11.0 Å². The smallest absolute Gasteiger partial charge is 0.227 e. The van der Waals surface area contributed by atoms with Crippen LogP contribution in [0, 0.1) is 11.7 Å². The first-order valence-electron chi connectivity index (χ1n) is 11.3. The van der Waals surface area contributed by atoms with E-state index in [-0.39, 0.29) is 47.3 Å². The first-order valence-corrected chi connectivity index (χ1v) is 11.7. The second-order valence-electron chi connectivity index (χ2n) is 8.43. The standard InChI is InChI=1S/C25H28ClFN2O4/c26-21-7-4-8-22(27)20(21)16-25(31)29-10-9-23(33-19-5-2-1-3-6-19)18(17-29)15-24(30)28-11-13-32-14-12-28/h1-8,18,23H,9-17H2/t18-,23-/m0/s1. The molecule has 2 fully saturated rings. The Hall–Kier alpha value is -2.64. The van der Waals surface area contributed by atoms with Gasteiger partial charge < -0.3 is 19.3 Å². The van der Waals surface area contributed by atoms with Crippen LogP contribution in [0.1, 0.15) is 18.4 Å². The SMILES string of the molecule is O=C(C[C@H]1CN(C(=O)Cc2c(F)cccc2Cl)CC[C@@H]1Oc1ccccc1)N1CCOCC1. The number of rotatable bonds is 6. The number of carbonyl (C=O) groups is 2. The highest BCUT2D eigenvalue weighted by molar-refractivity contribution is 6.31. The Balaban J connectivity index is 1.46. The van der Waals surface area contributed by atoms with Crippen molar-refractivity contribution in [2.24, 2.45) is 5.92 Å². The lowest BCUT2D eigenvalue weighted by Crippen LogP contribution is -2.50. The highest BCUT2D eigenvalue weighted by Crippen LogP contribution is 2.28. The van der Waals surface area contributed by atoms with E-state index < -0.39 is 5.82 Å². The first kappa shape index (κ1) is 23.5. The fraction of sp³-hybridized carbons (Fsp3) is 0.440. The van der Waals surface area contributed by atoms with Crippen molar-refractivity contribution < 1.29 is 23.5 Å². The Morgan fingerprint density at radius 1 is 1.00 bits per heavy atom. The molecule has 176 valence electrons. The van der Waals surface area contributed by atoms with Gasteiger partial charge in [0, 0.05) is 55.5 Å². The zero-order chi connectivity index (χ0) is 23.2. The van der Waals surface area contributed by atoms with Crippen molar-refractivity contribution in [1.29, 1.82) is 0 Å². The van der Waals surface area contributed by atoms with Gasteiger partial charge in [-0.2, -0.15) is 0 Å². The molecule has 2 aliphatic rings. The Bertz CT molecular complexity index is 948. The average Bonchev–Trinajstić information content (AvgIpc) is 2.83. The molecule has 2 amide bonds. The Labute approximate surface area is 198 Å². The third kappa shape index (κ3) is 6.03.